The number of carbonyl (C=O) groups is 1. The average Bonchev–Trinajstić information content (AvgIpc) is 3.15. The molecular formula is C18H21N3O2S. The van der Waals surface area contributed by atoms with E-state index in [4.69, 9.17) is 4.74 Å². The van der Waals surface area contributed by atoms with Gasteiger partial charge in [-0.3, -0.25) is 9.20 Å². The van der Waals surface area contributed by atoms with Crippen molar-refractivity contribution in [3.8, 4) is 17.0 Å². The number of unbranched alkanes of at least 4 members (excludes halogenated alkanes) is 1. The fourth-order valence-electron chi connectivity index (χ4n) is 2.52. The van der Waals surface area contributed by atoms with Crippen molar-refractivity contribution in [1.29, 1.82) is 0 Å². The Balaban J connectivity index is 1.86. The third kappa shape index (κ3) is 3.14. The summed E-state index contributed by atoms with van der Waals surface area (Å²) < 4.78 is 7.17. The summed E-state index contributed by atoms with van der Waals surface area (Å²) >= 11 is 1.43. The van der Waals surface area contributed by atoms with Gasteiger partial charge in [0.05, 0.1) is 12.8 Å². The van der Waals surface area contributed by atoms with Gasteiger partial charge in [-0.05, 0) is 37.6 Å². The van der Waals surface area contributed by atoms with Crippen LogP contribution in [0.1, 0.15) is 35.1 Å². The number of fused-ring (bicyclic) bond motifs is 1. The summed E-state index contributed by atoms with van der Waals surface area (Å²) in [6, 6.07) is 7.81. The molecule has 2 aromatic heterocycles. The lowest BCUT2D eigenvalue weighted by Crippen LogP contribution is -2.24. The Labute approximate surface area is 145 Å². The number of imidazole rings is 1. The molecule has 24 heavy (non-hydrogen) atoms. The number of aryl methyl sites for hydroxylation is 1. The molecular weight excluding hydrogens is 322 g/mol. The summed E-state index contributed by atoms with van der Waals surface area (Å²) in [5.41, 5.74) is 2.85. The van der Waals surface area contributed by atoms with Gasteiger partial charge in [-0.2, -0.15) is 0 Å². The van der Waals surface area contributed by atoms with Gasteiger partial charge < -0.3 is 10.1 Å². The number of aromatic nitrogens is 2. The zero-order valence-corrected chi connectivity index (χ0v) is 14.9. The van der Waals surface area contributed by atoms with Crippen molar-refractivity contribution in [3.05, 3.63) is 41.0 Å². The molecule has 2 heterocycles. The number of nitrogens with one attached hydrogen (secondary N) is 1. The lowest BCUT2D eigenvalue weighted by Gasteiger charge is -2.03. The molecule has 0 unspecified atom stereocenters. The van der Waals surface area contributed by atoms with Crippen LogP contribution in [0.5, 0.6) is 5.75 Å². The van der Waals surface area contributed by atoms with Gasteiger partial charge in [0.25, 0.3) is 5.91 Å². The highest BCUT2D eigenvalue weighted by Gasteiger charge is 2.17. The van der Waals surface area contributed by atoms with E-state index in [9.17, 15) is 4.79 Å². The minimum absolute atomic E-state index is 0.0116. The molecule has 0 saturated heterocycles. The molecule has 126 valence electrons. The smallest absolute Gasteiger partial charge is 0.263 e. The number of thiazole rings is 1. The van der Waals surface area contributed by atoms with Crippen LogP contribution in [0.3, 0.4) is 0 Å². The standard InChI is InChI=1S/C18H21N3O2S/c1-4-5-10-19-17(22)16-12(2)21-11-15(20-18(21)24-16)13-6-8-14(23-3)9-7-13/h6-9,11H,4-5,10H2,1-3H3,(H,19,22). The maximum Gasteiger partial charge on any atom is 0.263 e. The number of benzene rings is 1. The van der Waals surface area contributed by atoms with Crippen LogP contribution >= 0.6 is 11.3 Å². The average molecular weight is 343 g/mol. The van der Waals surface area contributed by atoms with Gasteiger partial charge in [-0.25, -0.2) is 4.98 Å². The van der Waals surface area contributed by atoms with Crippen LogP contribution in [0.2, 0.25) is 0 Å². The van der Waals surface area contributed by atoms with Crippen LogP contribution in [-0.2, 0) is 0 Å². The first kappa shape index (κ1) is 16.5. The van der Waals surface area contributed by atoms with E-state index in [1.165, 1.54) is 11.3 Å². The van der Waals surface area contributed by atoms with Crippen molar-refractivity contribution >= 4 is 22.2 Å². The summed E-state index contributed by atoms with van der Waals surface area (Å²) in [6.07, 6.45) is 4.04. The number of ether oxygens (including phenoxy) is 1. The van der Waals surface area contributed by atoms with Gasteiger partial charge in [0.1, 0.15) is 10.6 Å². The van der Waals surface area contributed by atoms with E-state index >= 15 is 0 Å². The SMILES string of the molecule is CCCCNC(=O)c1sc2nc(-c3ccc(OC)cc3)cn2c1C. The van der Waals surface area contributed by atoms with Crippen molar-refractivity contribution in [2.75, 3.05) is 13.7 Å². The molecule has 0 bridgehead atoms. The molecule has 0 saturated carbocycles. The van der Waals surface area contributed by atoms with E-state index in [-0.39, 0.29) is 5.91 Å². The summed E-state index contributed by atoms with van der Waals surface area (Å²) in [4.78, 5) is 18.5. The van der Waals surface area contributed by atoms with Crippen LogP contribution in [-0.4, -0.2) is 28.9 Å². The van der Waals surface area contributed by atoms with Gasteiger partial charge in [-0.15, -0.1) is 0 Å². The molecule has 0 spiro atoms. The first-order valence-corrected chi connectivity index (χ1v) is 8.86. The molecule has 3 aromatic rings. The minimum atomic E-state index is -0.0116. The van der Waals surface area contributed by atoms with Crippen LogP contribution in [0.15, 0.2) is 30.5 Å². The second kappa shape index (κ2) is 7.05. The summed E-state index contributed by atoms with van der Waals surface area (Å²) in [6.45, 7) is 4.78. The van der Waals surface area contributed by atoms with Crippen LogP contribution < -0.4 is 10.1 Å². The number of nitrogens with zero attached hydrogens (tertiary/aromatic N) is 2. The van der Waals surface area contributed by atoms with E-state index < -0.39 is 0 Å². The summed E-state index contributed by atoms with van der Waals surface area (Å²) in [5, 5.41) is 2.97. The Bertz CT molecular complexity index is 849. The van der Waals surface area contributed by atoms with Crippen molar-refractivity contribution in [2.24, 2.45) is 0 Å². The molecule has 1 amide bonds. The van der Waals surface area contributed by atoms with Crippen molar-refractivity contribution < 1.29 is 9.53 Å². The normalized spacial score (nSPS) is 11.0. The van der Waals surface area contributed by atoms with E-state index in [0.717, 1.165) is 45.4 Å². The number of rotatable bonds is 6. The Morgan fingerprint density at radius 1 is 1.33 bits per heavy atom. The van der Waals surface area contributed by atoms with Crippen molar-refractivity contribution in [3.63, 3.8) is 0 Å². The van der Waals surface area contributed by atoms with Crippen molar-refractivity contribution in [2.45, 2.75) is 26.7 Å². The van der Waals surface area contributed by atoms with E-state index in [1.54, 1.807) is 7.11 Å². The molecule has 0 aliphatic carbocycles. The topological polar surface area (TPSA) is 55.6 Å². The fraction of sp³-hybridized carbons (Fsp3) is 0.333. The second-order valence-electron chi connectivity index (χ2n) is 5.63. The quantitative estimate of drug-likeness (QED) is 0.690. The van der Waals surface area contributed by atoms with Crippen LogP contribution in [0.4, 0.5) is 0 Å². The number of amides is 1. The van der Waals surface area contributed by atoms with Crippen LogP contribution in [0.25, 0.3) is 16.2 Å². The zero-order valence-electron chi connectivity index (χ0n) is 14.1. The van der Waals surface area contributed by atoms with Gasteiger partial charge in [-0.1, -0.05) is 24.7 Å². The minimum Gasteiger partial charge on any atom is -0.497 e. The fourth-order valence-corrected chi connectivity index (χ4v) is 3.55. The molecule has 3 rings (SSSR count). The largest absolute Gasteiger partial charge is 0.497 e. The molecule has 1 N–H and O–H groups in total. The van der Waals surface area contributed by atoms with Gasteiger partial charge in [0, 0.05) is 24.0 Å². The Hall–Kier alpha value is -2.34. The molecule has 0 radical (unpaired) electrons. The first-order chi connectivity index (χ1) is 11.6. The van der Waals surface area contributed by atoms with Gasteiger partial charge >= 0.3 is 0 Å². The number of hydrogen-bond donors (Lipinski definition) is 1. The number of carbonyl (C=O) groups excluding carboxylic acids is 1. The van der Waals surface area contributed by atoms with Gasteiger partial charge in [0.2, 0.25) is 0 Å². The Morgan fingerprint density at radius 3 is 2.71 bits per heavy atom. The van der Waals surface area contributed by atoms with E-state index in [0.29, 0.717) is 6.54 Å². The highest BCUT2D eigenvalue weighted by Crippen LogP contribution is 2.28. The third-order valence-corrected chi connectivity index (χ3v) is 5.12. The Morgan fingerprint density at radius 2 is 2.08 bits per heavy atom. The first-order valence-electron chi connectivity index (χ1n) is 8.05. The van der Waals surface area contributed by atoms with Gasteiger partial charge in [0.15, 0.2) is 4.96 Å². The summed E-state index contributed by atoms with van der Waals surface area (Å²) in [5.74, 6) is 0.810. The monoisotopic (exact) mass is 343 g/mol. The predicted octanol–water partition coefficient (Wildman–Crippen LogP) is 3.91. The highest BCUT2D eigenvalue weighted by molar-refractivity contribution is 7.19. The molecule has 0 atom stereocenters. The number of hydrogen-bond acceptors (Lipinski definition) is 4. The number of methoxy groups -OCH3 is 1. The molecule has 0 fully saturated rings. The van der Waals surface area contributed by atoms with Crippen LogP contribution in [0, 0.1) is 6.92 Å². The Kier molecular flexibility index (Phi) is 4.85. The predicted molar refractivity (Wildman–Crippen MR) is 97.0 cm³/mol. The molecule has 0 aliphatic heterocycles. The van der Waals surface area contributed by atoms with Crippen molar-refractivity contribution in [1.82, 2.24) is 14.7 Å². The maximum absolute atomic E-state index is 12.3. The lowest BCUT2D eigenvalue weighted by molar-refractivity contribution is 0.0956. The van der Waals surface area contributed by atoms with E-state index in [2.05, 4.69) is 17.2 Å². The van der Waals surface area contributed by atoms with E-state index in [1.807, 2.05) is 41.8 Å². The second-order valence-corrected chi connectivity index (χ2v) is 6.61. The molecule has 1 aromatic carbocycles. The zero-order chi connectivity index (χ0) is 17.1. The molecule has 0 aliphatic rings. The third-order valence-electron chi connectivity index (χ3n) is 3.96. The summed E-state index contributed by atoms with van der Waals surface area (Å²) in [7, 11) is 1.65. The lowest BCUT2D eigenvalue weighted by atomic mass is 10.2. The highest BCUT2D eigenvalue weighted by atomic mass is 32.1. The molecule has 6 heteroatoms. The molecule has 5 nitrogen and oxygen atoms in total. The maximum atomic E-state index is 12.3.